The third kappa shape index (κ3) is 4.17. The van der Waals surface area contributed by atoms with E-state index < -0.39 is 0 Å². The number of aromatic nitrogens is 2. The normalized spacial score (nSPS) is 12.6. The van der Waals surface area contributed by atoms with Crippen molar-refractivity contribution in [2.24, 2.45) is 7.05 Å². The molecule has 4 heteroatoms. The molecular formula is C15H20FN3. The molecule has 102 valence electrons. The molecular weight excluding hydrogens is 241 g/mol. The molecule has 0 radical (unpaired) electrons. The van der Waals surface area contributed by atoms with Crippen LogP contribution in [0.25, 0.3) is 0 Å². The molecule has 1 N–H and O–H groups in total. The molecule has 19 heavy (non-hydrogen) atoms. The molecule has 1 heterocycles. The maximum absolute atomic E-state index is 13.2. The quantitative estimate of drug-likeness (QED) is 0.865. The number of aryl methyl sites for hydroxylation is 1. The van der Waals surface area contributed by atoms with Crippen molar-refractivity contribution in [2.45, 2.75) is 25.8 Å². The van der Waals surface area contributed by atoms with Gasteiger partial charge in [0.1, 0.15) is 5.82 Å². The molecule has 0 fully saturated rings. The molecule has 0 aliphatic carbocycles. The SMILES string of the molecule is CCNC(Cc1cccc(F)c1)Cc1cnn(C)c1. The zero-order chi connectivity index (χ0) is 13.7. The van der Waals surface area contributed by atoms with E-state index >= 15 is 0 Å². The third-order valence-electron chi connectivity index (χ3n) is 3.10. The molecule has 0 bridgehead atoms. The lowest BCUT2D eigenvalue weighted by atomic mass is 10.0. The van der Waals surface area contributed by atoms with Crippen LogP contribution in [-0.4, -0.2) is 22.4 Å². The molecule has 0 spiro atoms. The summed E-state index contributed by atoms with van der Waals surface area (Å²) in [7, 11) is 1.92. The first-order valence-corrected chi connectivity index (χ1v) is 6.62. The molecule has 0 aliphatic rings. The molecule has 0 aliphatic heterocycles. The van der Waals surface area contributed by atoms with Gasteiger partial charge in [0.15, 0.2) is 0 Å². The van der Waals surface area contributed by atoms with Crippen molar-refractivity contribution in [3.8, 4) is 0 Å². The highest BCUT2D eigenvalue weighted by molar-refractivity contribution is 5.18. The predicted octanol–water partition coefficient (Wildman–Crippen LogP) is 2.32. The lowest BCUT2D eigenvalue weighted by Gasteiger charge is -2.17. The Morgan fingerprint density at radius 3 is 2.74 bits per heavy atom. The van der Waals surface area contributed by atoms with E-state index in [0.29, 0.717) is 6.04 Å². The van der Waals surface area contributed by atoms with Gasteiger partial charge in [0.05, 0.1) is 6.20 Å². The molecule has 0 amide bonds. The first kappa shape index (κ1) is 13.7. The van der Waals surface area contributed by atoms with Crippen molar-refractivity contribution in [3.63, 3.8) is 0 Å². The second kappa shape index (κ2) is 6.48. The Hall–Kier alpha value is -1.68. The van der Waals surface area contributed by atoms with E-state index in [0.717, 1.165) is 24.9 Å². The second-order valence-electron chi connectivity index (χ2n) is 4.82. The standard InChI is InChI=1S/C15H20FN3/c1-3-17-15(9-13-10-18-19(2)11-13)8-12-5-4-6-14(16)7-12/h4-7,10-11,15,17H,3,8-9H2,1-2H3. The average Bonchev–Trinajstić information content (AvgIpc) is 2.75. The third-order valence-corrected chi connectivity index (χ3v) is 3.10. The molecule has 3 nitrogen and oxygen atoms in total. The van der Waals surface area contributed by atoms with E-state index in [9.17, 15) is 4.39 Å². The molecule has 2 aromatic rings. The highest BCUT2D eigenvalue weighted by Crippen LogP contribution is 2.10. The Bertz CT molecular complexity index is 522. The van der Waals surface area contributed by atoms with Crippen LogP contribution < -0.4 is 5.32 Å². The van der Waals surface area contributed by atoms with Gasteiger partial charge in [0.25, 0.3) is 0 Å². The Morgan fingerprint density at radius 2 is 2.11 bits per heavy atom. The number of nitrogens with one attached hydrogen (secondary N) is 1. The van der Waals surface area contributed by atoms with Crippen LogP contribution in [0.4, 0.5) is 4.39 Å². The lowest BCUT2D eigenvalue weighted by molar-refractivity contribution is 0.519. The molecule has 1 unspecified atom stereocenters. The number of nitrogens with zero attached hydrogens (tertiary/aromatic N) is 2. The number of likely N-dealkylation sites (N-methyl/N-ethyl adjacent to an activating group) is 1. The minimum absolute atomic E-state index is 0.172. The average molecular weight is 261 g/mol. The van der Waals surface area contributed by atoms with Crippen molar-refractivity contribution in [1.29, 1.82) is 0 Å². The summed E-state index contributed by atoms with van der Waals surface area (Å²) in [5.74, 6) is -0.172. The van der Waals surface area contributed by atoms with Gasteiger partial charge in [-0.3, -0.25) is 4.68 Å². The predicted molar refractivity (Wildman–Crippen MR) is 74.5 cm³/mol. The van der Waals surface area contributed by atoms with Crippen LogP contribution >= 0.6 is 0 Å². The van der Waals surface area contributed by atoms with Crippen LogP contribution in [0.3, 0.4) is 0 Å². The molecule has 1 aromatic heterocycles. The zero-order valence-corrected chi connectivity index (χ0v) is 11.4. The Kier molecular flexibility index (Phi) is 4.68. The van der Waals surface area contributed by atoms with Crippen LogP contribution in [0.1, 0.15) is 18.1 Å². The van der Waals surface area contributed by atoms with Crippen molar-refractivity contribution < 1.29 is 4.39 Å². The Balaban J connectivity index is 2.03. The van der Waals surface area contributed by atoms with Crippen molar-refractivity contribution in [3.05, 3.63) is 53.6 Å². The maximum Gasteiger partial charge on any atom is 0.123 e. The van der Waals surface area contributed by atoms with E-state index in [4.69, 9.17) is 0 Å². The first-order chi connectivity index (χ1) is 9.17. The van der Waals surface area contributed by atoms with E-state index in [-0.39, 0.29) is 5.82 Å². The van der Waals surface area contributed by atoms with Gasteiger partial charge in [0, 0.05) is 19.3 Å². The molecule has 2 rings (SSSR count). The van der Waals surface area contributed by atoms with Gasteiger partial charge < -0.3 is 5.32 Å². The Morgan fingerprint density at radius 1 is 1.32 bits per heavy atom. The fraction of sp³-hybridized carbons (Fsp3) is 0.400. The first-order valence-electron chi connectivity index (χ1n) is 6.62. The molecule has 0 saturated heterocycles. The van der Waals surface area contributed by atoms with Crippen molar-refractivity contribution in [2.75, 3.05) is 6.54 Å². The van der Waals surface area contributed by atoms with Gasteiger partial charge in [-0.1, -0.05) is 19.1 Å². The monoisotopic (exact) mass is 261 g/mol. The largest absolute Gasteiger partial charge is 0.314 e. The van der Waals surface area contributed by atoms with E-state index in [1.807, 2.05) is 25.5 Å². The van der Waals surface area contributed by atoms with Crippen LogP contribution in [0, 0.1) is 5.82 Å². The summed E-state index contributed by atoms with van der Waals surface area (Å²) in [5, 5.41) is 7.63. The minimum atomic E-state index is -0.172. The maximum atomic E-state index is 13.2. The van der Waals surface area contributed by atoms with Gasteiger partial charge in [-0.2, -0.15) is 5.10 Å². The molecule has 0 saturated carbocycles. The molecule has 1 aromatic carbocycles. The number of halogens is 1. The fourth-order valence-electron chi connectivity index (χ4n) is 2.32. The summed E-state index contributed by atoms with van der Waals surface area (Å²) in [6.45, 7) is 2.99. The van der Waals surface area contributed by atoms with Gasteiger partial charge in [0.2, 0.25) is 0 Å². The summed E-state index contributed by atoms with van der Waals surface area (Å²) in [6.07, 6.45) is 5.63. The van der Waals surface area contributed by atoms with Gasteiger partial charge >= 0.3 is 0 Å². The summed E-state index contributed by atoms with van der Waals surface area (Å²) in [5.41, 5.74) is 2.22. The Labute approximate surface area is 113 Å². The second-order valence-corrected chi connectivity index (χ2v) is 4.82. The van der Waals surface area contributed by atoms with E-state index in [2.05, 4.69) is 17.3 Å². The van der Waals surface area contributed by atoms with Crippen molar-refractivity contribution >= 4 is 0 Å². The van der Waals surface area contributed by atoms with Gasteiger partial charge in [-0.15, -0.1) is 0 Å². The van der Waals surface area contributed by atoms with Crippen molar-refractivity contribution in [1.82, 2.24) is 15.1 Å². The van der Waals surface area contributed by atoms with E-state index in [1.54, 1.807) is 16.8 Å². The topological polar surface area (TPSA) is 29.9 Å². The highest BCUT2D eigenvalue weighted by Gasteiger charge is 2.11. The summed E-state index contributed by atoms with van der Waals surface area (Å²) < 4.78 is 15.0. The van der Waals surface area contributed by atoms with Crippen LogP contribution in [0.2, 0.25) is 0 Å². The lowest BCUT2D eigenvalue weighted by Crippen LogP contribution is -2.33. The number of rotatable bonds is 6. The highest BCUT2D eigenvalue weighted by atomic mass is 19.1. The van der Waals surface area contributed by atoms with Gasteiger partial charge in [-0.25, -0.2) is 4.39 Å². The summed E-state index contributed by atoms with van der Waals surface area (Å²) in [6, 6.07) is 7.12. The number of hydrogen-bond acceptors (Lipinski definition) is 2. The number of hydrogen-bond donors (Lipinski definition) is 1. The number of benzene rings is 1. The minimum Gasteiger partial charge on any atom is -0.314 e. The van der Waals surface area contributed by atoms with Crippen LogP contribution in [0.15, 0.2) is 36.7 Å². The van der Waals surface area contributed by atoms with Crippen LogP contribution in [0.5, 0.6) is 0 Å². The zero-order valence-electron chi connectivity index (χ0n) is 11.4. The van der Waals surface area contributed by atoms with Gasteiger partial charge in [-0.05, 0) is 42.6 Å². The summed E-state index contributed by atoms with van der Waals surface area (Å²) in [4.78, 5) is 0. The molecule has 1 atom stereocenters. The fourth-order valence-corrected chi connectivity index (χ4v) is 2.32. The smallest absolute Gasteiger partial charge is 0.123 e. The van der Waals surface area contributed by atoms with E-state index in [1.165, 1.54) is 11.6 Å². The van der Waals surface area contributed by atoms with Crippen LogP contribution in [-0.2, 0) is 19.9 Å². The summed E-state index contributed by atoms with van der Waals surface area (Å²) >= 11 is 0.